The Morgan fingerprint density at radius 3 is 3.00 bits per heavy atom. The second-order valence-corrected chi connectivity index (χ2v) is 6.69. The van der Waals surface area contributed by atoms with E-state index in [2.05, 4.69) is 0 Å². The fourth-order valence-corrected chi connectivity index (χ4v) is 4.06. The largest absolute Gasteiger partial charge is 0.503 e. The molecule has 3 heterocycles. The number of hydrogen-bond donors (Lipinski definition) is 2. The first-order chi connectivity index (χ1) is 11.0. The minimum atomic E-state index is -0.653. The summed E-state index contributed by atoms with van der Waals surface area (Å²) in [5.41, 5.74) is 6.66. The fourth-order valence-electron chi connectivity index (χ4n) is 2.59. The van der Waals surface area contributed by atoms with Crippen molar-refractivity contribution < 1.29 is 19.3 Å². The molecule has 1 saturated heterocycles. The van der Waals surface area contributed by atoms with Crippen LogP contribution in [-0.2, 0) is 16.1 Å². The number of hydrogen-bond acceptors (Lipinski definition) is 5. The molecule has 1 aromatic heterocycles. The average Bonchev–Trinajstić information content (AvgIpc) is 2.53. The van der Waals surface area contributed by atoms with Crippen molar-refractivity contribution >= 4 is 46.9 Å². The summed E-state index contributed by atoms with van der Waals surface area (Å²) in [6.45, 7) is 0.517. The molecule has 0 aliphatic carbocycles. The summed E-state index contributed by atoms with van der Waals surface area (Å²) in [6.07, 6.45) is 7.04. The Morgan fingerprint density at radius 2 is 2.33 bits per heavy atom. The van der Waals surface area contributed by atoms with Gasteiger partial charge in [0, 0.05) is 11.8 Å². The SMILES string of the molecule is Cl.N[C@@H]1C(=O)N2C(C(=O)Cl)=C(/C=C/C[n+]3cccc(O)c3)CS[C@H]12. The highest BCUT2D eigenvalue weighted by Crippen LogP contribution is 2.40. The van der Waals surface area contributed by atoms with Gasteiger partial charge in [0.2, 0.25) is 12.1 Å². The molecule has 2 aliphatic heterocycles. The summed E-state index contributed by atoms with van der Waals surface area (Å²) < 4.78 is 1.79. The second kappa shape index (κ2) is 7.57. The van der Waals surface area contributed by atoms with Crippen LogP contribution in [0.1, 0.15) is 0 Å². The number of carbonyl (C=O) groups is 2. The van der Waals surface area contributed by atoms with Crippen molar-refractivity contribution in [1.82, 2.24) is 4.90 Å². The molecule has 6 nitrogen and oxygen atoms in total. The minimum Gasteiger partial charge on any atom is -0.503 e. The van der Waals surface area contributed by atoms with E-state index in [0.717, 1.165) is 0 Å². The third-order valence-electron chi connectivity index (χ3n) is 3.70. The van der Waals surface area contributed by atoms with Crippen LogP contribution in [0.25, 0.3) is 0 Å². The van der Waals surface area contributed by atoms with Crippen molar-refractivity contribution in [2.24, 2.45) is 5.73 Å². The lowest BCUT2D eigenvalue weighted by atomic mass is 10.0. The third kappa shape index (κ3) is 3.44. The molecule has 1 amide bonds. The standard InChI is InChI=1S/C15H14ClN3O3S.ClH/c16-13(21)12-9(8-23-15-11(17)14(22)19(12)15)3-1-5-18-6-2-4-10(20)7-18;/h1-4,6-7,11,15H,5,8,17H2;1H/p+1/b3-1+;/t11-,15-;/m1./s1. The number of aromatic nitrogens is 1. The number of aromatic hydroxyl groups is 1. The summed E-state index contributed by atoms with van der Waals surface area (Å²) in [5, 5.41) is 8.56. The maximum atomic E-state index is 11.9. The number of nitrogens with zero attached hydrogens (tertiary/aromatic N) is 2. The first-order valence-corrected chi connectivity index (χ1v) is 8.39. The van der Waals surface area contributed by atoms with Gasteiger partial charge in [-0.05, 0) is 29.3 Å². The van der Waals surface area contributed by atoms with Gasteiger partial charge in [-0.2, -0.15) is 4.57 Å². The first-order valence-electron chi connectivity index (χ1n) is 6.97. The fraction of sp³-hybridized carbons (Fsp3) is 0.267. The van der Waals surface area contributed by atoms with Gasteiger partial charge in [-0.3, -0.25) is 14.5 Å². The quantitative estimate of drug-likeness (QED) is 0.454. The van der Waals surface area contributed by atoms with Gasteiger partial charge >= 0.3 is 0 Å². The van der Waals surface area contributed by atoms with Gasteiger partial charge in [0.25, 0.3) is 5.24 Å². The lowest BCUT2D eigenvalue weighted by Crippen LogP contribution is -2.68. The molecule has 2 atom stereocenters. The van der Waals surface area contributed by atoms with Crippen LogP contribution in [-0.4, -0.2) is 38.3 Å². The monoisotopic (exact) mass is 388 g/mol. The van der Waals surface area contributed by atoms with Crippen molar-refractivity contribution in [3.05, 3.63) is 47.9 Å². The Kier molecular flexibility index (Phi) is 5.92. The van der Waals surface area contributed by atoms with E-state index in [1.165, 1.54) is 16.7 Å². The molecule has 24 heavy (non-hydrogen) atoms. The van der Waals surface area contributed by atoms with Crippen LogP contribution >= 0.6 is 35.8 Å². The van der Waals surface area contributed by atoms with Gasteiger partial charge in [0.05, 0.1) is 0 Å². The zero-order chi connectivity index (χ0) is 16.6. The van der Waals surface area contributed by atoms with E-state index in [1.807, 2.05) is 12.3 Å². The van der Waals surface area contributed by atoms with Crippen LogP contribution in [0.5, 0.6) is 5.75 Å². The Hall–Kier alpha value is -1.54. The van der Waals surface area contributed by atoms with E-state index in [0.29, 0.717) is 17.9 Å². The van der Waals surface area contributed by atoms with Gasteiger partial charge < -0.3 is 10.8 Å². The summed E-state index contributed by atoms with van der Waals surface area (Å²) in [7, 11) is 0. The smallest absolute Gasteiger partial charge is 0.269 e. The van der Waals surface area contributed by atoms with Crippen LogP contribution < -0.4 is 10.3 Å². The number of fused-ring (bicyclic) bond motifs is 1. The van der Waals surface area contributed by atoms with Crippen LogP contribution in [0.4, 0.5) is 0 Å². The number of halogens is 2. The van der Waals surface area contributed by atoms with Crippen LogP contribution in [0.3, 0.4) is 0 Å². The molecule has 1 fully saturated rings. The molecule has 2 aliphatic rings. The maximum Gasteiger partial charge on any atom is 0.269 e. The molecule has 0 aromatic carbocycles. The molecule has 128 valence electrons. The Bertz CT molecular complexity index is 738. The van der Waals surface area contributed by atoms with E-state index in [1.54, 1.807) is 29.0 Å². The number of amides is 1. The van der Waals surface area contributed by atoms with Gasteiger partial charge in [0.15, 0.2) is 18.5 Å². The highest BCUT2D eigenvalue weighted by molar-refractivity contribution is 8.00. The van der Waals surface area contributed by atoms with Gasteiger partial charge in [-0.15, -0.1) is 24.2 Å². The molecule has 1 aromatic rings. The molecule has 0 saturated carbocycles. The first kappa shape index (κ1) is 18.8. The highest BCUT2D eigenvalue weighted by atomic mass is 35.5. The molecule has 0 unspecified atom stereocenters. The van der Waals surface area contributed by atoms with E-state index in [-0.39, 0.29) is 35.1 Å². The number of rotatable bonds is 4. The van der Waals surface area contributed by atoms with Crippen LogP contribution in [0.15, 0.2) is 47.9 Å². The molecule has 3 rings (SSSR count). The molecule has 9 heteroatoms. The second-order valence-electron chi connectivity index (χ2n) is 5.24. The zero-order valence-corrected chi connectivity index (χ0v) is 14.9. The average molecular weight is 389 g/mol. The Labute approximate surface area is 154 Å². The van der Waals surface area contributed by atoms with E-state index >= 15 is 0 Å². The summed E-state index contributed by atoms with van der Waals surface area (Å²) in [6, 6.07) is 2.75. The maximum absolute atomic E-state index is 11.9. The topological polar surface area (TPSA) is 87.5 Å². The van der Waals surface area contributed by atoms with Crippen LogP contribution in [0.2, 0.25) is 0 Å². The lowest BCUT2D eigenvalue weighted by molar-refractivity contribution is -0.687. The Morgan fingerprint density at radius 1 is 1.58 bits per heavy atom. The summed E-state index contributed by atoms with van der Waals surface area (Å²) in [4.78, 5) is 25.0. The van der Waals surface area contributed by atoms with Gasteiger partial charge in [0.1, 0.15) is 17.1 Å². The van der Waals surface area contributed by atoms with Crippen molar-refractivity contribution in [3.63, 3.8) is 0 Å². The molecule has 0 bridgehead atoms. The lowest BCUT2D eigenvalue weighted by Gasteiger charge is -2.48. The predicted octanol–water partition coefficient (Wildman–Crippen LogP) is 0.920. The molecular formula is C15H16Cl2N3O3S+. The van der Waals surface area contributed by atoms with Crippen molar-refractivity contribution in [2.45, 2.75) is 18.0 Å². The number of allylic oxidation sites excluding steroid dienone is 3. The predicted molar refractivity (Wildman–Crippen MR) is 93.6 cm³/mol. The van der Waals surface area contributed by atoms with Gasteiger partial charge in [-0.1, -0.05) is 6.08 Å². The zero-order valence-electron chi connectivity index (χ0n) is 12.5. The van der Waals surface area contributed by atoms with Crippen molar-refractivity contribution in [1.29, 1.82) is 0 Å². The number of nitrogens with two attached hydrogens (primary N) is 1. The minimum absolute atomic E-state index is 0. The van der Waals surface area contributed by atoms with Crippen molar-refractivity contribution in [3.8, 4) is 5.75 Å². The Balaban J connectivity index is 0.00000208. The number of pyridine rings is 1. The summed E-state index contributed by atoms with van der Waals surface area (Å²) >= 11 is 7.18. The van der Waals surface area contributed by atoms with Crippen LogP contribution in [0, 0.1) is 0 Å². The molecular weight excluding hydrogens is 373 g/mol. The summed E-state index contributed by atoms with van der Waals surface area (Å²) in [5.74, 6) is 0.462. The number of β-lactam (4-membered cyclic amide) rings is 1. The molecule has 0 spiro atoms. The van der Waals surface area contributed by atoms with E-state index in [4.69, 9.17) is 17.3 Å². The third-order valence-corrected chi connectivity index (χ3v) is 5.21. The molecule has 3 N–H and O–H groups in total. The van der Waals surface area contributed by atoms with Crippen molar-refractivity contribution in [2.75, 3.05) is 5.75 Å². The van der Waals surface area contributed by atoms with E-state index in [9.17, 15) is 14.7 Å². The number of carbonyl (C=O) groups excluding carboxylic acids is 2. The van der Waals surface area contributed by atoms with Gasteiger partial charge in [-0.25, -0.2) is 0 Å². The normalized spacial score (nSPS) is 22.9. The molecule has 0 radical (unpaired) electrons. The van der Waals surface area contributed by atoms with E-state index < -0.39 is 11.3 Å². The number of thioether (sulfide) groups is 1. The highest BCUT2D eigenvalue weighted by Gasteiger charge is 2.51.